The molecule has 4 N–H and O–H groups in total. The molecule has 1 fully saturated rings. The van der Waals surface area contributed by atoms with Gasteiger partial charge in [-0.2, -0.15) is 0 Å². The first-order chi connectivity index (χ1) is 19.5. The van der Waals surface area contributed by atoms with Crippen molar-refractivity contribution in [3.05, 3.63) is 95.2 Å². The van der Waals surface area contributed by atoms with Gasteiger partial charge in [0.05, 0.1) is 23.8 Å². The number of carbonyl (C=O) groups is 2. The van der Waals surface area contributed by atoms with Crippen molar-refractivity contribution in [2.24, 2.45) is 0 Å². The summed E-state index contributed by atoms with van der Waals surface area (Å²) in [6.45, 7) is 0.392. The molecule has 2 heterocycles. The number of aliphatic hydroxyl groups is 1. The van der Waals surface area contributed by atoms with Gasteiger partial charge in [0.15, 0.2) is 6.29 Å². The number of carbonyl (C=O) groups excluding carboxylic acids is 2. The second-order valence-corrected chi connectivity index (χ2v) is 10.6. The van der Waals surface area contributed by atoms with Crippen LogP contribution in [0.5, 0.6) is 0 Å². The maximum Gasteiger partial charge on any atom is 0.243 e. The molecular formula is C30H35N3O6S. The normalized spacial score (nSPS) is 18.7. The van der Waals surface area contributed by atoms with Crippen molar-refractivity contribution in [1.82, 2.24) is 15.8 Å². The molecule has 10 heteroatoms. The number of aromatic nitrogens is 1. The molecule has 1 saturated heterocycles. The Bertz CT molecular complexity index is 1210. The van der Waals surface area contributed by atoms with E-state index in [1.807, 2.05) is 66.7 Å². The Balaban J connectivity index is 1.35. The van der Waals surface area contributed by atoms with E-state index < -0.39 is 12.2 Å². The van der Waals surface area contributed by atoms with Crippen molar-refractivity contribution in [1.29, 1.82) is 0 Å². The molecule has 40 heavy (non-hydrogen) atoms. The first kappa shape index (κ1) is 29.7. The summed E-state index contributed by atoms with van der Waals surface area (Å²) >= 11 is 1.65. The van der Waals surface area contributed by atoms with E-state index >= 15 is 0 Å². The highest BCUT2D eigenvalue weighted by atomic mass is 32.2. The van der Waals surface area contributed by atoms with Gasteiger partial charge < -0.3 is 19.9 Å². The minimum atomic E-state index is -0.551. The summed E-state index contributed by atoms with van der Waals surface area (Å²) in [5, 5.41) is 21.8. The van der Waals surface area contributed by atoms with Crippen molar-refractivity contribution >= 4 is 23.6 Å². The fourth-order valence-electron chi connectivity index (χ4n) is 4.34. The Labute approximate surface area is 238 Å². The van der Waals surface area contributed by atoms with Crippen molar-refractivity contribution in [2.75, 3.05) is 5.75 Å². The summed E-state index contributed by atoms with van der Waals surface area (Å²) in [5.41, 5.74) is 5.32. The lowest BCUT2D eigenvalue weighted by molar-refractivity contribution is -0.245. The fraction of sp³-hybridized carbons (Fsp3) is 0.367. The standard InChI is InChI=1S/C30H35N3O6S/c34-19-22-10-12-23(13-11-22)26-17-25(20-40-29-7-3-4-16-31-29)38-30(39-26)24-14-8-21(9-15-24)18-32-27(35)5-1-2-6-28(36)33-37/h3-4,7-16,25-26,30,34,37H,1-2,5-6,17-20H2,(H,32,35)(H,33,36). The predicted octanol–water partition coefficient (Wildman–Crippen LogP) is 4.59. The fourth-order valence-corrected chi connectivity index (χ4v) is 5.22. The first-order valence-corrected chi connectivity index (χ1v) is 14.4. The van der Waals surface area contributed by atoms with Crippen LogP contribution in [-0.4, -0.2) is 39.0 Å². The summed E-state index contributed by atoms with van der Waals surface area (Å²) < 4.78 is 12.8. The summed E-state index contributed by atoms with van der Waals surface area (Å²) in [4.78, 5) is 27.6. The number of amides is 2. The van der Waals surface area contributed by atoms with Crippen LogP contribution in [0.1, 0.15) is 66.8 Å². The molecule has 0 radical (unpaired) electrons. The Morgan fingerprint density at radius 1 is 0.900 bits per heavy atom. The number of thioether (sulfide) groups is 1. The second-order valence-electron chi connectivity index (χ2n) is 9.59. The lowest BCUT2D eigenvalue weighted by atomic mass is 10.0. The highest BCUT2D eigenvalue weighted by molar-refractivity contribution is 7.99. The summed E-state index contributed by atoms with van der Waals surface area (Å²) in [7, 11) is 0. The van der Waals surface area contributed by atoms with E-state index in [9.17, 15) is 14.7 Å². The first-order valence-electron chi connectivity index (χ1n) is 13.4. The number of nitrogens with zero attached hydrogens (tertiary/aromatic N) is 1. The molecule has 0 bridgehead atoms. The van der Waals surface area contributed by atoms with E-state index in [-0.39, 0.29) is 31.1 Å². The van der Waals surface area contributed by atoms with Gasteiger partial charge in [0.2, 0.25) is 11.8 Å². The second kappa shape index (κ2) is 15.5. The van der Waals surface area contributed by atoms with Gasteiger partial charge in [0, 0.05) is 43.3 Å². The average molecular weight is 566 g/mol. The van der Waals surface area contributed by atoms with Crippen molar-refractivity contribution in [3.8, 4) is 0 Å². The molecule has 2 aromatic carbocycles. The number of hydroxylamine groups is 1. The lowest BCUT2D eigenvalue weighted by Gasteiger charge is -2.36. The van der Waals surface area contributed by atoms with Crippen LogP contribution in [0.2, 0.25) is 0 Å². The van der Waals surface area contributed by atoms with Crippen LogP contribution in [0.3, 0.4) is 0 Å². The van der Waals surface area contributed by atoms with Crippen molar-refractivity contribution in [2.45, 2.75) is 68.8 Å². The highest BCUT2D eigenvalue weighted by Gasteiger charge is 2.32. The summed E-state index contributed by atoms with van der Waals surface area (Å²) in [6, 6.07) is 21.5. The van der Waals surface area contributed by atoms with Gasteiger partial charge >= 0.3 is 0 Å². The summed E-state index contributed by atoms with van der Waals surface area (Å²) in [5.74, 6) is 0.197. The lowest BCUT2D eigenvalue weighted by Crippen LogP contribution is -2.31. The summed E-state index contributed by atoms with van der Waals surface area (Å²) in [6.07, 6.45) is 3.31. The third-order valence-corrected chi connectivity index (χ3v) is 7.67. The number of benzene rings is 2. The molecule has 3 aromatic rings. The van der Waals surface area contributed by atoms with E-state index in [0.717, 1.165) is 33.0 Å². The molecule has 3 unspecified atom stereocenters. The number of nitrogens with one attached hydrogen (secondary N) is 2. The number of hydrogen-bond donors (Lipinski definition) is 4. The molecule has 1 aliphatic heterocycles. The Morgan fingerprint density at radius 2 is 1.60 bits per heavy atom. The number of pyridine rings is 1. The minimum absolute atomic E-state index is 0.00294. The topological polar surface area (TPSA) is 130 Å². The minimum Gasteiger partial charge on any atom is -0.392 e. The number of hydrogen-bond acceptors (Lipinski definition) is 8. The third-order valence-electron chi connectivity index (χ3n) is 6.59. The van der Waals surface area contributed by atoms with Crippen LogP contribution in [0, 0.1) is 0 Å². The number of rotatable bonds is 13. The molecule has 4 rings (SSSR count). The molecule has 0 saturated carbocycles. The van der Waals surface area contributed by atoms with Crippen LogP contribution in [0.15, 0.2) is 78.0 Å². The van der Waals surface area contributed by atoms with Gasteiger partial charge in [0.25, 0.3) is 0 Å². The van der Waals surface area contributed by atoms with E-state index in [4.69, 9.17) is 14.7 Å². The molecule has 0 aliphatic carbocycles. The highest BCUT2D eigenvalue weighted by Crippen LogP contribution is 2.39. The van der Waals surface area contributed by atoms with Crippen LogP contribution in [-0.2, 0) is 32.2 Å². The van der Waals surface area contributed by atoms with Gasteiger partial charge in [0.1, 0.15) is 0 Å². The number of aliphatic hydroxyl groups excluding tert-OH is 1. The number of ether oxygens (including phenoxy) is 2. The molecule has 9 nitrogen and oxygen atoms in total. The van der Waals surface area contributed by atoms with Crippen LogP contribution >= 0.6 is 11.8 Å². The molecule has 1 aliphatic rings. The third kappa shape index (κ3) is 9.14. The molecule has 2 amide bonds. The molecule has 0 spiro atoms. The van der Waals surface area contributed by atoms with Crippen LogP contribution in [0.25, 0.3) is 0 Å². The van der Waals surface area contributed by atoms with E-state index in [0.29, 0.717) is 32.2 Å². The molecular weight excluding hydrogens is 530 g/mol. The Kier molecular flexibility index (Phi) is 11.5. The predicted molar refractivity (Wildman–Crippen MR) is 150 cm³/mol. The van der Waals surface area contributed by atoms with E-state index in [1.54, 1.807) is 23.4 Å². The van der Waals surface area contributed by atoms with Crippen LogP contribution < -0.4 is 10.8 Å². The molecule has 3 atom stereocenters. The SMILES string of the molecule is O=C(CCCCC(=O)NCc1ccc(C2OC(CSc3ccccn3)CC(c3ccc(CO)cc3)O2)cc1)NO. The maximum absolute atomic E-state index is 12.1. The van der Waals surface area contributed by atoms with E-state index in [1.165, 1.54) is 0 Å². The Morgan fingerprint density at radius 3 is 2.27 bits per heavy atom. The maximum atomic E-state index is 12.1. The molecule has 212 valence electrons. The zero-order valence-electron chi connectivity index (χ0n) is 22.2. The zero-order valence-corrected chi connectivity index (χ0v) is 23.0. The van der Waals surface area contributed by atoms with Crippen molar-refractivity contribution in [3.63, 3.8) is 0 Å². The number of unbranched alkanes of at least 4 members (excludes halogenated alkanes) is 1. The van der Waals surface area contributed by atoms with Gasteiger partial charge in [-0.15, -0.1) is 11.8 Å². The monoisotopic (exact) mass is 565 g/mol. The van der Waals surface area contributed by atoms with Gasteiger partial charge in [-0.1, -0.05) is 54.6 Å². The van der Waals surface area contributed by atoms with Gasteiger partial charge in [-0.25, -0.2) is 10.5 Å². The zero-order chi connectivity index (χ0) is 28.2. The Hall–Kier alpha value is -3.28. The van der Waals surface area contributed by atoms with Crippen molar-refractivity contribution < 1.29 is 29.4 Å². The van der Waals surface area contributed by atoms with Gasteiger partial charge in [-0.05, 0) is 41.7 Å². The quantitative estimate of drug-likeness (QED) is 0.102. The smallest absolute Gasteiger partial charge is 0.243 e. The van der Waals surface area contributed by atoms with Crippen LogP contribution in [0.4, 0.5) is 0 Å². The molecule has 1 aromatic heterocycles. The largest absolute Gasteiger partial charge is 0.392 e. The van der Waals surface area contributed by atoms with E-state index in [2.05, 4.69) is 10.3 Å². The average Bonchev–Trinajstić information content (AvgIpc) is 3.01. The van der Waals surface area contributed by atoms with Gasteiger partial charge in [-0.3, -0.25) is 14.8 Å².